The van der Waals surface area contributed by atoms with Crippen molar-refractivity contribution in [2.24, 2.45) is 17.4 Å². The third-order valence-corrected chi connectivity index (χ3v) is 5.52. The van der Waals surface area contributed by atoms with Crippen molar-refractivity contribution in [3.63, 3.8) is 0 Å². The first kappa shape index (κ1) is 29.6. The molecule has 0 saturated carbocycles. The Balaban J connectivity index is 5.39. The Hall–Kier alpha value is -2.38. The summed E-state index contributed by atoms with van der Waals surface area (Å²) in [7, 11) is 0. The number of carboxylic acids is 1. The normalized spacial score (nSPS) is 15.5. The first-order valence-electron chi connectivity index (χ1n) is 10.3. The molecule has 0 radical (unpaired) electrons. The quantitative estimate of drug-likeness (QED) is 0.129. The van der Waals surface area contributed by atoms with E-state index in [0.29, 0.717) is 12.2 Å². The molecule has 12 nitrogen and oxygen atoms in total. The highest BCUT2D eigenvalue weighted by molar-refractivity contribution is 7.98. The highest BCUT2D eigenvalue weighted by Gasteiger charge is 2.32. The summed E-state index contributed by atoms with van der Waals surface area (Å²) in [4.78, 5) is 59.9. The lowest BCUT2D eigenvalue weighted by molar-refractivity contribution is -0.143. The van der Waals surface area contributed by atoms with Gasteiger partial charge in [-0.05, 0) is 30.8 Å². The average Bonchev–Trinajstić information content (AvgIpc) is 2.75. The van der Waals surface area contributed by atoms with Crippen molar-refractivity contribution in [3.8, 4) is 0 Å². The van der Waals surface area contributed by atoms with Gasteiger partial charge in [-0.3, -0.25) is 19.2 Å². The number of aliphatic hydroxyl groups excluding tert-OH is 1. The first-order chi connectivity index (χ1) is 15.0. The van der Waals surface area contributed by atoms with Crippen LogP contribution in [0.1, 0.15) is 39.5 Å². The lowest BCUT2D eigenvalue weighted by atomic mass is 9.97. The van der Waals surface area contributed by atoms with Gasteiger partial charge in [0.15, 0.2) is 0 Å². The maximum atomic E-state index is 12.9. The van der Waals surface area contributed by atoms with Gasteiger partial charge < -0.3 is 37.6 Å². The van der Waals surface area contributed by atoms with Crippen LogP contribution in [0.3, 0.4) is 0 Å². The van der Waals surface area contributed by atoms with E-state index < -0.39 is 60.4 Å². The Kier molecular flexibility index (Phi) is 14.3. The standard InChI is InChI=1S/C19H35N5O7S/c1-4-10(2)15(24-16(27)11(20)5-6-14(21)26)18(29)22-12(7-8-32-3)17(28)23-13(9-25)19(30)31/h10-13,15,25H,4-9,20H2,1-3H3,(H2,21,26)(H,22,29)(H,23,28)(H,24,27)(H,30,31). The van der Waals surface area contributed by atoms with Crippen LogP contribution < -0.4 is 27.4 Å². The second-order valence-corrected chi connectivity index (χ2v) is 8.39. The minimum Gasteiger partial charge on any atom is -0.480 e. The van der Waals surface area contributed by atoms with Crippen molar-refractivity contribution >= 4 is 41.4 Å². The molecule has 0 aromatic heterocycles. The Labute approximate surface area is 191 Å². The third-order valence-electron chi connectivity index (χ3n) is 4.87. The molecule has 0 heterocycles. The number of carboxylic acid groups (broad SMARTS) is 1. The summed E-state index contributed by atoms with van der Waals surface area (Å²) >= 11 is 1.43. The fourth-order valence-corrected chi connectivity index (χ4v) is 3.09. The van der Waals surface area contributed by atoms with Crippen molar-refractivity contribution in [1.29, 1.82) is 0 Å². The van der Waals surface area contributed by atoms with Crippen LogP contribution in [0.15, 0.2) is 0 Å². The van der Waals surface area contributed by atoms with Gasteiger partial charge in [0.2, 0.25) is 23.6 Å². The predicted octanol–water partition coefficient (Wildman–Crippen LogP) is -2.09. The fourth-order valence-electron chi connectivity index (χ4n) is 2.61. The second kappa shape index (κ2) is 15.4. The Bertz CT molecular complexity index is 664. The van der Waals surface area contributed by atoms with Crippen LogP contribution in [0, 0.1) is 5.92 Å². The summed E-state index contributed by atoms with van der Waals surface area (Å²) in [5.74, 6) is -3.86. The van der Waals surface area contributed by atoms with Crippen molar-refractivity contribution in [3.05, 3.63) is 0 Å². The number of carbonyl (C=O) groups excluding carboxylic acids is 4. The maximum Gasteiger partial charge on any atom is 0.328 e. The smallest absolute Gasteiger partial charge is 0.328 e. The van der Waals surface area contributed by atoms with Crippen LogP contribution >= 0.6 is 11.8 Å². The molecule has 9 N–H and O–H groups in total. The zero-order chi connectivity index (χ0) is 24.8. The van der Waals surface area contributed by atoms with Gasteiger partial charge in [0.25, 0.3) is 0 Å². The number of nitrogens with one attached hydrogen (secondary N) is 3. The number of amides is 4. The predicted molar refractivity (Wildman–Crippen MR) is 119 cm³/mol. The van der Waals surface area contributed by atoms with E-state index in [1.165, 1.54) is 11.8 Å². The van der Waals surface area contributed by atoms with E-state index in [1.807, 2.05) is 6.92 Å². The molecule has 184 valence electrons. The van der Waals surface area contributed by atoms with E-state index in [4.69, 9.17) is 21.7 Å². The van der Waals surface area contributed by atoms with Gasteiger partial charge in [0.1, 0.15) is 18.1 Å². The molecule has 0 aliphatic carbocycles. The molecule has 0 aromatic rings. The van der Waals surface area contributed by atoms with Gasteiger partial charge in [-0.2, -0.15) is 11.8 Å². The van der Waals surface area contributed by atoms with Gasteiger partial charge in [0, 0.05) is 6.42 Å². The molecule has 0 aliphatic heterocycles. The molecular weight excluding hydrogens is 442 g/mol. The highest BCUT2D eigenvalue weighted by atomic mass is 32.2. The van der Waals surface area contributed by atoms with E-state index in [9.17, 15) is 24.0 Å². The Morgan fingerprint density at radius 2 is 1.56 bits per heavy atom. The average molecular weight is 478 g/mol. The van der Waals surface area contributed by atoms with Crippen LogP contribution in [0.25, 0.3) is 0 Å². The van der Waals surface area contributed by atoms with E-state index in [2.05, 4.69) is 16.0 Å². The van der Waals surface area contributed by atoms with Gasteiger partial charge in [-0.1, -0.05) is 20.3 Å². The molecule has 0 saturated heterocycles. The highest BCUT2D eigenvalue weighted by Crippen LogP contribution is 2.10. The van der Waals surface area contributed by atoms with E-state index in [1.54, 1.807) is 13.2 Å². The van der Waals surface area contributed by atoms with E-state index >= 15 is 0 Å². The number of aliphatic carboxylic acids is 1. The maximum absolute atomic E-state index is 12.9. The van der Waals surface area contributed by atoms with Gasteiger partial charge in [-0.25, -0.2) is 4.79 Å². The number of hydrogen-bond acceptors (Lipinski definition) is 8. The Morgan fingerprint density at radius 1 is 0.969 bits per heavy atom. The summed E-state index contributed by atoms with van der Waals surface area (Å²) in [6.45, 7) is 2.75. The summed E-state index contributed by atoms with van der Waals surface area (Å²) in [6.07, 6.45) is 2.48. The van der Waals surface area contributed by atoms with E-state index in [0.717, 1.165) is 0 Å². The van der Waals surface area contributed by atoms with Crippen LogP contribution in [0.2, 0.25) is 0 Å². The molecule has 0 bridgehead atoms. The SMILES string of the molecule is CCC(C)C(NC(=O)C(N)CCC(N)=O)C(=O)NC(CCSC)C(=O)NC(CO)C(=O)O. The topological polar surface area (TPSA) is 214 Å². The number of thioether (sulfide) groups is 1. The van der Waals surface area contributed by atoms with Crippen molar-refractivity contribution in [1.82, 2.24) is 16.0 Å². The molecule has 0 spiro atoms. The minimum atomic E-state index is -1.51. The van der Waals surface area contributed by atoms with Crippen molar-refractivity contribution < 1.29 is 34.2 Å². The van der Waals surface area contributed by atoms with Crippen LogP contribution in [-0.2, 0) is 24.0 Å². The van der Waals surface area contributed by atoms with E-state index in [-0.39, 0.29) is 25.2 Å². The molecule has 0 rings (SSSR count). The zero-order valence-corrected chi connectivity index (χ0v) is 19.4. The Morgan fingerprint density at radius 3 is 2.03 bits per heavy atom. The number of primary amides is 1. The monoisotopic (exact) mass is 477 g/mol. The fraction of sp³-hybridized carbons (Fsp3) is 0.737. The number of hydrogen-bond donors (Lipinski definition) is 7. The molecule has 0 aromatic carbocycles. The summed E-state index contributed by atoms with van der Waals surface area (Å²) < 4.78 is 0. The van der Waals surface area contributed by atoms with Crippen molar-refractivity contribution in [2.75, 3.05) is 18.6 Å². The molecule has 5 unspecified atom stereocenters. The molecule has 32 heavy (non-hydrogen) atoms. The summed E-state index contributed by atoms with van der Waals surface area (Å²) in [6, 6.07) is -4.64. The summed E-state index contributed by atoms with van der Waals surface area (Å²) in [5.41, 5.74) is 10.8. The van der Waals surface area contributed by atoms with Crippen LogP contribution in [-0.4, -0.2) is 82.6 Å². The number of aliphatic hydroxyl groups is 1. The number of nitrogens with two attached hydrogens (primary N) is 2. The number of rotatable bonds is 16. The van der Waals surface area contributed by atoms with Crippen LogP contribution in [0.4, 0.5) is 0 Å². The van der Waals surface area contributed by atoms with Gasteiger partial charge in [-0.15, -0.1) is 0 Å². The lowest BCUT2D eigenvalue weighted by Crippen LogP contribution is -2.59. The molecular formula is C19H35N5O7S. The molecule has 4 amide bonds. The first-order valence-corrected chi connectivity index (χ1v) is 11.6. The second-order valence-electron chi connectivity index (χ2n) is 7.41. The van der Waals surface area contributed by atoms with Crippen LogP contribution in [0.5, 0.6) is 0 Å². The van der Waals surface area contributed by atoms with Gasteiger partial charge in [0.05, 0.1) is 12.6 Å². The largest absolute Gasteiger partial charge is 0.480 e. The molecule has 0 fully saturated rings. The number of carbonyl (C=O) groups is 5. The summed E-state index contributed by atoms with van der Waals surface area (Å²) in [5, 5.41) is 25.5. The molecule has 0 aliphatic rings. The van der Waals surface area contributed by atoms with Gasteiger partial charge >= 0.3 is 5.97 Å². The molecule has 5 atom stereocenters. The molecule has 13 heteroatoms. The zero-order valence-electron chi connectivity index (χ0n) is 18.6. The third kappa shape index (κ3) is 10.8. The minimum absolute atomic E-state index is 0.0203. The lowest BCUT2D eigenvalue weighted by Gasteiger charge is -2.27. The van der Waals surface area contributed by atoms with Crippen molar-refractivity contribution in [2.45, 2.75) is 63.7 Å².